The molecule has 1 aliphatic rings. The van der Waals surface area contributed by atoms with Gasteiger partial charge in [0, 0.05) is 12.2 Å². The van der Waals surface area contributed by atoms with Crippen LogP contribution in [0.1, 0.15) is 41.2 Å². The highest BCUT2D eigenvalue weighted by atomic mass is 16.5. The molecule has 0 aliphatic heterocycles. The minimum absolute atomic E-state index is 0.585. The number of hydrogen-bond acceptors (Lipinski definition) is 3. The van der Waals surface area contributed by atoms with Crippen LogP contribution in [0, 0.1) is 18.3 Å². The zero-order valence-electron chi connectivity index (χ0n) is 12.5. The summed E-state index contributed by atoms with van der Waals surface area (Å²) in [5.74, 6) is 1.70. The van der Waals surface area contributed by atoms with E-state index in [9.17, 15) is 5.26 Å². The molecule has 0 atom stereocenters. The summed E-state index contributed by atoms with van der Waals surface area (Å²) in [7, 11) is 1.59. The lowest BCUT2D eigenvalue weighted by atomic mass is 10.0. The van der Waals surface area contributed by atoms with E-state index in [2.05, 4.69) is 17.6 Å². The SMILES string of the molecule is COc1ccc(Cn2c(C)nc3c2CCCC3)cc1C#N. The predicted octanol–water partition coefficient (Wildman–Crippen LogP) is 3.00. The number of ether oxygens (including phenoxy) is 1. The predicted molar refractivity (Wildman–Crippen MR) is 80.4 cm³/mol. The van der Waals surface area contributed by atoms with Gasteiger partial charge in [-0.3, -0.25) is 0 Å². The van der Waals surface area contributed by atoms with Crippen LogP contribution in [0.3, 0.4) is 0 Å². The lowest BCUT2D eigenvalue weighted by Crippen LogP contribution is -2.10. The van der Waals surface area contributed by atoms with Crippen LogP contribution in [0.2, 0.25) is 0 Å². The van der Waals surface area contributed by atoms with E-state index in [0.717, 1.165) is 30.8 Å². The Kier molecular flexibility index (Phi) is 3.66. The highest BCUT2D eigenvalue weighted by Crippen LogP contribution is 2.24. The second-order valence-electron chi connectivity index (χ2n) is 5.49. The first-order chi connectivity index (χ1) is 10.2. The van der Waals surface area contributed by atoms with Crippen LogP contribution < -0.4 is 4.74 Å². The molecule has 1 heterocycles. The van der Waals surface area contributed by atoms with Gasteiger partial charge in [-0.05, 0) is 50.3 Å². The van der Waals surface area contributed by atoms with Gasteiger partial charge in [0.1, 0.15) is 17.6 Å². The molecule has 0 N–H and O–H groups in total. The number of nitriles is 1. The summed E-state index contributed by atoms with van der Waals surface area (Å²) in [5.41, 5.74) is 4.32. The number of imidazole rings is 1. The normalized spacial score (nSPS) is 13.6. The highest BCUT2D eigenvalue weighted by Gasteiger charge is 2.18. The van der Waals surface area contributed by atoms with Crippen LogP contribution in [0.25, 0.3) is 0 Å². The molecule has 0 amide bonds. The third-order valence-electron chi connectivity index (χ3n) is 4.15. The Morgan fingerprint density at radius 3 is 2.90 bits per heavy atom. The largest absolute Gasteiger partial charge is 0.495 e. The third-order valence-corrected chi connectivity index (χ3v) is 4.15. The molecule has 0 spiro atoms. The molecule has 21 heavy (non-hydrogen) atoms. The molecule has 0 bridgehead atoms. The molecular weight excluding hydrogens is 262 g/mol. The molecule has 4 heteroatoms. The quantitative estimate of drug-likeness (QED) is 0.869. The molecule has 0 unspecified atom stereocenters. The molecule has 0 radical (unpaired) electrons. The fourth-order valence-corrected chi connectivity index (χ4v) is 3.07. The van der Waals surface area contributed by atoms with Crippen molar-refractivity contribution in [3.8, 4) is 11.8 Å². The fraction of sp³-hybridized carbons (Fsp3) is 0.412. The van der Waals surface area contributed by atoms with Gasteiger partial charge in [-0.2, -0.15) is 5.26 Å². The summed E-state index contributed by atoms with van der Waals surface area (Å²) < 4.78 is 7.49. The standard InChI is InChI=1S/C17H19N3O/c1-12-19-15-5-3-4-6-16(15)20(12)11-13-7-8-17(21-2)14(9-13)10-18/h7-9H,3-6,11H2,1-2H3. The molecule has 0 saturated heterocycles. The molecule has 4 nitrogen and oxygen atoms in total. The van der Waals surface area contributed by atoms with Gasteiger partial charge >= 0.3 is 0 Å². The Morgan fingerprint density at radius 2 is 2.14 bits per heavy atom. The monoisotopic (exact) mass is 281 g/mol. The molecule has 0 saturated carbocycles. The number of benzene rings is 1. The van der Waals surface area contributed by atoms with E-state index in [0.29, 0.717) is 11.3 Å². The fourth-order valence-electron chi connectivity index (χ4n) is 3.07. The van der Waals surface area contributed by atoms with Gasteiger partial charge in [-0.15, -0.1) is 0 Å². The van der Waals surface area contributed by atoms with Crippen LogP contribution in [0.4, 0.5) is 0 Å². The highest BCUT2D eigenvalue weighted by molar-refractivity contribution is 5.45. The third kappa shape index (κ3) is 2.52. The Morgan fingerprint density at radius 1 is 1.33 bits per heavy atom. The van der Waals surface area contributed by atoms with E-state index < -0.39 is 0 Å². The van der Waals surface area contributed by atoms with Crippen molar-refractivity contribution in [2.45, 2.75) is 39.2 Å². The molecule has 108 valence electrons. The average molecular weight is 281 g/mol. The van der Waals surface area contributed by atoms with Crippen molar-refractivity contribution >= 4 is 0 Å². The number of aromatic nitrogens is 2. The lowest BCUT2D eigenvalue weighted by Gasteiger charge is -2.15. The van der Waals surface area contributed by atoms with E-state index in [1.54, 1.807) is 7.11 Å². The molecule has 1 aliphatic carbocycles. The maximum absolute atomic E-state index is 9.20. The van der Waals surface area contributed by atoms with E-state index in [1.165, 1.54) is 24.2 Å². The summed E-state index contributed by atoms with van der Waals surface area (Å²) in [5, 5.41) is 9.20. The minimum atomic E-state index is 0.585. The van der Waals surface area contributed by atoms with Crippen LogP contribution in [0.15, 0.2) is 18.2 Å². The van der Waals surface area contributed by atoms with Gasteiger partial charge in [-0.25, -0.2) is 4.98 Å². The van der Waals surface area contributed by atoms with Gasteiger partial charge in [0.25, 0.3) is 0 Å². The molecule has 3 rings (SSSR count). The van der Waals surface area contributed by atoms with Crippen molar-refractivity contribution in [3.63, 3.8) is 0 Å². The van der Waals surface area contributed by atoms with Crippen molar-refractivity contribution < 1.29 is 4.74 Å². The zero-order valence-corrected chi connectivity index (χ0v) is 12.5. The van der Waals surface area contributed by atoms with E-state index in [4.69, 9.17) is 9.72 Å². The number of fused-ring (bicyclic) bond motifs is 1. The number of hydrogen-bond donors (Lipinski definition) is 0. The Labute approximate surface area is 125 Å². The number of methoxy groups -OCH3 is 1. The molecule has 2 aromatic rings. The summed E-state index contributed by atoms with van der Waals surface area (Å²) in [6.45, 7) is 2.83. The van der Waals surface area contributed by atoms with Gasteiger partial charge in [0.15, 0.2) is 0 Å². The van der Waals surface area contributed by atoms with Crippen LogP contribution in [0.5, 0.6) is 5.75 Å². The van der Waals surface area contributed by atoms with Gasteiger partial charge < -0.3 is 9.30 Å². The smallest absolute Gasteiger partial charge is 0.136 e. The maximum Gasteiger partial charge on any atom is 0.136 e. The second kappa shape index (κ2) is 5.61. The molecule has 1 aromatic heterocycles. The minimum Gasteiger partial charge on any atom is -0.495 e. The van der Waals surface area contributed by atoms with Crippen molar-refractivity contribution in [2.75, 3.05) is 7.11 Å². The van der Waals surface area contributed by atoms with E-state index in [1.807, 2.05) is 18.2 Å². The summed E-state index contributed by atoms with van der Waals surface area (Å²) in [6.07, 6.45) is 4.68. The van der Waals surface area contributed by atoms with E-state index in [-0.39, 0.29) is 0 Å². The number of rotatable bonds is 3. The number of aryl methyl sites for hydroxylation is 2. The summed E-state index contributed by atoms with van der Waals surface area (Å²) in [6, 6.07) is 7.99. The van der Waals surface area contributed by atoms with Crippen molar-refractivity contribution in [2.24, 2.45) is 0 Å². The first-order valence-electron chi connectivity index (χ1n) is 7.35. The molecular formula is C17H19N3O. The Balaban J connectivity index is 1.94. The number of nitrogens with zero attached hydrogens (tertiary/aromatic N) is 3. The second-order valence-corrected chi connectivity index (χ2v) is 5.49. The summed E-state index contributed by atoms with van der Waals surface area (Å²) >= 11 is 0. The molecule has 1 aromatic carbocycles. The van der Waals surface area contributed by atoms with Crippen LogP contribution in [-0.2, 0) is 19.4 Å². The average Bonchev–Trinajstić information content (AvgIpc) is 2.83. The Bertz CT molecular complexity index is 710. The van der Waals surface area contributed by atoms with E-state index >= 15 is 0 Å². The first-order valence-corrected chi connectivity index (χ1v) is 7.35. The van der Waals surface area contributed by atoms with Gasteiger partial charge in [0.2, 0.25) is 0 Å². The summed E-state index contributed by atoms with van der Waals surface area (Å²) in [4.78, 5) is 4.70. The van der Waals surface area contributed by atoms with Crippen LogP contribution >= 0.6 is 0 Å². The maximum atomic E-state index is 9.20. The Hall–Kier alpha value is -2.28. The zero-order chi connectivity index (χ0) is 14.8. The van der Waals surface area contributed by atoms with Crippen LogP contribution in [-0.4, -0.2) is 16.7 Å². The van der Waals surface area contributed by atoms with Crippen molar-refractivity contribution in [1.82, 2.24) is 9.55 Å². The topological polar surface area (TPSA) is 50.8 Å². The van der Waals surface area contributed by atoms with Gasteiger partial charge in [-0.1, -0.05) is 6.07 Å². The molecule has 0 fully saturated rings. The van der Waals surface area contributed by atoms with Crippen molar-refractivity contribution in [3.05, 3.63) is 46.5 Å². The van der Waals surface area contributed by atoms with Gasteiger partial charge in [0.05, 0.1) is 18.4 Å². The van der Waals surface area contributed by atoms with Crippen molar-refractivity contribution in [1.29, 1.82) is 5.26 Å². The lowest BCUT2D eigenvalue weighted by molar-refractivity contribution is 0.413. The first kappa shape index (κ1) is 13.7.